The lowest BCUT2D eigenvalue weighted by molar-refractivity contribution is 0.249. The zero-order chi connectivity index (χ0) is 21.1. The maximum atomic E-state index is 10.9. The molecule has 7 rings (SSSR count). The van der Waals surface area contributed by atoms with E-state index in [1.54, 1.807) is 17.0 Å². The standard InChI is InChI=1S/C23H30ClN5O2/c24-18-12-25-13-19(26-18)28-9-7-27(8-10-28)5-1-2-6-29-22(30)20-14-3-4-15(17-11-16(14)17)21(20)23(29)31/h12-17,30-31H,1-11H2. The van der Waals surface area contributed by atoms with Gasteiger partial charge in [-0.25, -0.2) is 4.98 Å². The largest absolute Gasteiger partial charge is 0.494 e. The van der Waals surface area contributed by atoms with Crippen LogP contribution in [0, 0.1) is 11.8 Å². The van der Waals surface area contributed by atoms with Crippen molar-refractivity contribution in [3.63, 3.8) is 0 Å². The molecule has 0 radical (unpaired) electrons. The van der Waals surface area contributed by atoms with Gasteiger partial charge in [-0.05, 0) is 62.3 Å². The van der Waals surface area contributed by atoms with Crippen molar-refractivity contribution >= 4 is 17.4 Å². The summed E-state index contributed by atoms with van der Waals surface area (Å²) in [6.07, 6.45) is 9.00. The van der Waals surface area contributed by atoms with Crippen LogP contribution >= 0.6 is 11.6 Å². The third kappa shape index (κ3) is 3.28. The highest BCUT2D eigenvalue weighted by Crippen LogP contribution is 2.70. The Bertz CT molecular complexity index is 947. The normalized spacial score (nSPS) is 29.1. The van der Waals surface area contributed by atoms with Crippen molar-refractivity contribution in [3.8, 4) is 11.8 Å². The summed E-state index contributed by atoms with van der Waals surface area (Å²) in [6.45, 7) is 5.56. The van der Waals surface area contributed by atoms with Crippen LogP contribution in [0.15, 0.2) is 12.4 Å². The van der Waals surface area contributed by atoms with Crippen molar-refractivity contribution in [2.75, 3.05) is 37.6 Å². The monoisotopic (exact) mass is 443 g/mol. The first kappa shape index (κ1) is 19.7. The second kappa shape index (κ2) is 7.55. The maximum Gasteiger partial charge on any atom is 0.197 e. The number of aromatic nitrogens is 3. The third-order valence-corrected chi connectivity index (χ3v) is 8.32. The molecule has 3 heterocycles. The predicted molar refractivity (Wildman–Crippen MR) is 119 cm³/mol. The fourth-order valence-corrected chi connectivity index (χ4v) is 6.67. The third-order valence-electron chi connectivity index (χ3n) is 8.13. The lowest BCUT2D eigenvalue weighted by Crippen LogP contribution is -2.47. The van der Waals surface area contributed by atoms with Gasteiger partial charge in [0.25, 0.3) is 0 Å². The fraction of sp³-hybridized carbons (Fsp3) is 0.652. The zero-order valence-electron chi connectivity index (χ0n) is 17.8. The number of hydrogen-bond donors (Lipinski definition) is 2. The number of piperazine rings is 1. The van der Waals surface area contributed by atoms with Gasteiger partial charge in [-0.3, -0.25) is 14.5 Å². The molecule has 3 fully saturated rings. The van der Waals surface area contributed by atoms with Crippen LogP contribution in [-0.2, 0) is 6.54 Å². The number of nitrogens with zero attached hydrogens (tertiary/aromatic N) is 5. The SMILES string of the molecule is Oc1c2c(c(O)n1CCCCN1CCN(c3cncc(Cl)n3)CC1)C1CCC2C2CC12. The van der Waals surface area contributed by atoms with E-state index in [0.717, 1.165) is 74.3 Å². The number of halogens is 1. The van der Waals surface area contributed by atoms with Gasteiger partial charge in [0.05, 0.1) is 12.4 Å². The quantitative estimate of drug-likeness (QED) is 0.665. The lowest BCUT2D eigenvalue weighted by atomic mass is 9.68. The molecule has 0 spiro atoms. The summed E-state index contributed by atoms with van der Waals surface area (Å²) in [5.41, 5.74) is 2.18. The summed E-state index contributed by atoms with van der Waals surface area (Å²) >= 11 is 5.96. The smallest absolute Gasteiger partial charge is 0.197 e. The molecule has 0 aromatic carbocycles. The molecule has 2 aromatic heterocycles. The van der Waals surface area contributed by atoms with E-state index in [-0.39, 0.29) is 0 Å². The number of fused-ring (bicyclic) bond motifs is 1. The summed E-state index contributed by atoms with van der Waals surface area (Å²) < 4.78 is 1.79. The average Bonchev–Trinajstić information content (AvgIpc) is 3.57. The molecule has 166 valence electrons. The molecule has 2 bridgehead atoms. The van der Waals surface area contributed by atoms with Gasteiger partial charge in [-0.1, -0.05) is 11.6 Å². The van der Waals surface area contributed by atoms with E-state index in [9.17, 15) is 10.2 Å². The lowest BCUT2D eigenvalue weighted by Gasteiger charge is -2.35. The second-order valence-corrected chi connectivity index (χ2v) is 10.1. The van der Waals surface area contributed by atoms with Crippen LogP contribution in [0.5, 0.6) is 11.8 Å². The first-order valence-corrected chi connectivity index (χ1v) is 12.1. The molecule has 0 amide bonds. The maximum absolute atomic E-state index is 10.9. The van der Waals surface area contributed by atoms with Gasteiger partial charge in [0.15, 0.2) is 11.8 Å². The van der Waals surface area contributed by atoms with E-state index in [0.29, 0.717) is 35.3 Å². The van der Waals surface area contributed by atoms with Crippen LogP contribution < -0.4 is 4.90 Å². The molecular formula is C23H30ClN5O2. The van der Waals surface area contributed by atoms with Crippen LogP contribution in [-0.4, -0.2) is 62.4 Å². The Morgan fingerprint density at radius 3 is 2.19 bits per heavy atom. The van der Waals surface area contributed by atoms with Crippen LogP contribution in [0.4, 0.5) is 5.82 Å². The van der Waals surface area contributed by atoms with Gasteiger partial charge >= 0.3 is 0 Å². The number of hydrogen-bond acceptors (Lipinski definition) is 6. The van der Waals surface area contributed by atoms with Gasteiger partial charge < -0.3 is 15.1 Å². The summed E-state index contributed by atoms with van der Waals surface area (Å²) in [5.74, 6) is 4.05. The zero-order valence-corrected chi connectivity index (χ0v) is 18.5. The van der Waals surface area contributed by atoms with Gasteiger partial charge in [-0.15, -0.1) is 0 Å². The molecule has 8 heteroatoms. The fourth-order valence-electron chi connectivity index (χ4n) is 6.53. The molecular weight excluding hydrogens is 414 g/mol. The molecule has 2 N–H and O–H groups in total. The van der Waals surface area contributed by atoms with E-state index in [2.05, 4.69) is 19.8 Å². The minimum Gasteiger partial charge on any atom is -0.494 e. The number of rotatable bonds is 6. The van der Waals surface area contributed by atoms with Crippen molar-refractivity contribution in [2.24, 2.45) is 11.8 Å². The number of anilines is 1. The first-order valence-electron chi connectivity index (χ1n) is 11.7. The second-order valence-electron chi connectivity index (χ2n) is 9.72. The van der Waals surface area contributed by atoms with Gasteiger partial charge in [-0.2, -0.15) is 0 Å². The van der Waals surface area contributed by atoms with Gasteiger partial charge in [0.1, 0.15) is 11.0 Å². The minimum absolute atomic E-state index is 0.351. The Kier molecular flexibility index (Phi) is 4.79. The van der Waals surface area contributed by atoms with E-state index < -0.39 is 0 Å². The highest BCUT2D eigenvalue weighted by Gasteiger charge is 2.58. The Morgan fingerprint density at radius 2 is 1.55 bits per heavy atom. The van der Waals surface area contributed by atoms with Crippen molar-refractivity contribution in [1.82, 2.24) is 19.4 Å². The highest BCUT2D eigenvalue weighted by molar-refractivity contribution is 6.29. The molecule has 4 unspecified atom stereocenters. The van der Waals surface area contributed by atoms with E-state index in [1.807, 2.05) is 0 Å². The number of unbranched alkanes of at least 4 members (excludes halogenated alkanes) is 1. The van der Waals surface area contributed by atoms with Gasteiger partial charge in [0.2, 0.25) is 0 Å². The Hall–Kier alpha value is -1.99. The van der Waals surface area contributed by atoms with E-state index in [4.69, 9.17) is 11.6 Å². The first-order chi connectivity index (χ1) is 15.1. The molecule has 2 aromatic rings. The van der Waals surface area contributed by atoms with Crippen molar-refractivity contribution in [3.05, 3.63) is 28.7 Å². The average molecular weight is 444 g/mol. The molecule has 4 atom stereocenters. The van der Waals surface area contributed by atoms with Crippen molar-refractivity contribution in [2.45, 2.75) is 50.5 Å². The molecule has 2 saturated carbocycles. The van der Waals surface area contributed by atoms with Crippen molar-refractivity contribution in [1.29, 1.82) is 0 Å². The summed E-state index contributed by atoms with van der Waals surface area (Å²) in [6, 6.07) is 0. The molecule has 1 saturated heterocycles. The van der Waals surface area contributed by atoms with E-state index >= 15 is 0 Å². The van der Waals surface area contributed by atoms with Crippen LogP contribution in [0.25, 0.3) is 0 Å². The Morgan fingerprint density at radius 1 is 0.903 bits per heavy atom. The van der Waals surface area contributed by atoms with Gasteiger partial charge in [0, 0.05) is 43.9 Å². The topological polar surface area (TPSA) is 77.7 Å². The number of aromatic hydroxyl groups is 2. The molecule has 7 nitrogen and oxygen atoms in total. The van der Waals surface area contributed by atoms with Crippen molar-refractivity contribution < 1.29 is 10.2 Å². The Balaban J connectivity index is 1.01. The van der Waals surface area contributed by atoms with E-state index in [1.165, 1.54) is 19.3 Å². The summed E-state index contributed by atoms with van der Waals surface area (Å²) in [7, 11) is 0. The summed E-state index contributed by atoms with van der Waals surface area (Å²) in [4.78, 5) is 13.2. The molecule has 5 aliphatic rings. The molecule has 31 heavy (non-hydrogen) atoms. The van der Waals surface area contributed by atoms with Crippen LogP contribution in [0.2, 0.25) is 5.15 Å². The van der Waals surface area contributed by atoms with Crippen LogP contribution in [0.1, 0.15) is 55.1 Å². The highest BCUT2D eigenvalue weighted by atomic mass is 35.5. The van der Waals surface area contributed by atoms with Crippen LogP contribution in [0.3, 0.4) is 0 Å². The molecule has 4 aliphatic carbocycles. The predicted octanol–water partition coefficient (Wildman–Crippen LogP) is 3.56. The Labute approximate surface area is 187 Å². The summed E-state index contributed by atoms with van der Waals surface area (Å²) in [5, 5.41) is 22.2. The minimum atomic E-state index is 0.351. The molecule has 1 aliphatic heterocycles.